The lowest BCUT2D eigenvalue weighted by Crippen LogP contribution is -2.52. The zero-order valence-corrected chi connectivity index (χ0v) is 13.1. The molecule has 0 bridgehead atoms. The van der Waals surface area contributed by atoms with Crippen molar-refractivity contribution in [3.8, 4) is 0 Å². The molecule has 4 rings (SSSR count). The highest BCUT2D eigenvalue weighted by atomic mass is 19.4. The zero-order valence-electron chi connectivity index (χ0n) is 13.1. The second-order valence-electron chi connectivity index (χ2n) is 6.58. The van der Waals surface area contributed by atoms with Gasteiger partial charge in [-0.1, -0.05) is 42.5 Å². The number of rotatable bonds is 1. The van der Waals surface area contributed by atoms with Gasteiger partial charge in [0.2, 0.25) is 5.90 Å². The quantitative estimate of drug-likeness (QED) is 0.755. The summed E-state index contributed by atoms with van der Waals surface area (Å²) in [6.45, 7) is 1.22. The molecule has 0 aromatic heterocycles. The van der Waals surface area contributed by atoms with Gasteiger partial charge in [0.1, 0.15) is 5.41 Å². The number of hydrogen-bond donors (Lipinski definition) is 0. The van der Waals surface area contributed by atoms with E-state index in [2.05, 4.69) is 4.99 Å². The van der Waals surface area contributed by atoms with Crippen molar-refractivity contribution in [3.63, 3.8) is 0 Å². The molecular weight excluding hydrogens is 315 g/mol. The molecule has 0 amide bonds. The molecule has 2 unspecified atom stereocenters. The number of alkyl halides is 3. The molecule has 2 aromatic carbocycles. The van der Waals surface area contributed by atoms with Gasteiger partial charge in [-0.3, -0.25) is 0 Å². The molecule has 0 saturated carbocycles. The van der Waals surface area contributed by atoms with Crippen LogP contribution in [0.1, 0.15) is 23.6 Å². The summed E-state index contributed by atoms with van der Waals surface area (Å²) >= 11 is 0. The predicted molar refractivity (Wildman–Crippen MR) is 84.9 cm³/mol. The summed E-state index contributed by atoms with van der Waals surface area (Å²) in [5.41, 5.74) is -1.53. The van der Waals surface area contributed by atoms with E-state index in [0.717, 1.165) is 0 Å². The molecule has 2 aliphatic rings. The van der Waals surface area contributed by atoms with Crippen LogP contribution in [-0.4, -0.2) is 18.6 Å². The molecule has 0 N–H and O–H groups in total. The van der Waals surface area contributed by atoms with E-state index < -0.39 is 17.2 Å². The highest BCUT2D eigenvalue weighted by molar-refractivity contribution is 5.95. The van der Waals surface area contributed by atoms with Gasteiger partial charge in [-0.2, -0.15) is 13.2 Å². The number of benzene rings is 2. The third-order valence-corrected chi connectivity index (χ3v) is 5.25. The maximum absolute atomic E-state index is 14.0. The second-order valence-corrected chi connectivity index (χ2v) is 6.58. The van der Waals surface area contributed by atoms with Crippen LogP contribution in [0.3, 0.4) is 0 Å². The number of aliphatic imine (C=N–C) groups is 1. The van der Waals surface area contributed by atoms with Gasteiger partial charge in [0.15, 0.2) is 5.60 Å². The molecule has 5 heteroatoms. The first-order valence-corrected chi connectivity index (χ1v) is 7.81. The maximum Gasteiger partial charge on any atom is 0.398 e. The minimum absolute atomic E-state index is 0.0236. The number of ether oxygens (including phenoxy) is 1. The van der Waals surface area contributed by atoms with Crippen molar-refractivity contribution in [3.05, 3.63) is 71.3 Å². The Morgan fingerprint density at radius 3 is 2.38 bits per heavy atom. The molecule has 0 fully saturated rings. The highest BCUT2D eigenvalue weighted by Crippen LogP contribution is 2.61. The first-order valence-electron chi connectivity index (χ1n) is 7.81. The topological polar surface area (TPSA) is 21.6 Å². The first kappa shape index (κ1) is 15.2. The van der Waals surface area contributed by atoms with Crippen molar-refractivity contribution in [2.75, 3.05) is 6.54 Å². The Morgan fingerprint density at radius 2 is 1.67 bits per heavy atom. The van der Waals surface area contributed by atoms with Crippen LogP contribution in [0.25, 0.3) is 0 Å². The average molecular weight is 331 g/mol. The van der Waals surface area contributed by atoms with Crippen LogP contribution in [0.2, 0.25) is 0 Å². The van der Waals surface area contributed by atoms with E-state index in [4.69, 9.17) is 4.74 Å². The monoisotopic (exact) mass is 331 g/mol. The van der Waals surface area contributed by atoms with Gasteiger partial charge < -0.3 is 4.74 Å². The van der Waals surface area contributed by atoms with E-state index in [0.29, 0.717) is 16.7 Å². The van der Waals surface area contributed by atoms with Crippen LogP contribution < -0.4 is 0 Å². The Balaban J connectivity index is 1.83. The van der Waals surface area contributed by atoms with Crippen LogP contribution in [0.4, 0.5) is 13.2 Å². The van der Waals surface area contributed by atoms with Crippen LogP contribution in [0.15, 0.2) is 59.6 Å². The number of nitrogens with zero attached hydrogens (tertiary/aromatic N) is 1. The fourth-order valence-electron chi connectivity index (χ4n) is 3.79. The van der Waals surface area contributed by atoms with E-state index in [9.17, 15) is 13.2 Å². The molecule has 2 atom stereocenters. The van der Waals surface area contributed by atoms with Crippen molar-refractivity contribution in [1.29, 1.82) is 0 Å². The van der Waals surface area contributed by atoms with Gasteiger partial charge in [-0.25, -0.2) is 4.99 Å². The predicted octanol–water partition coefficient (Wildman–Crippen LogP) is 4.48. The molecule has 0 radical (unpaired) electrons. The van der Waals surface area contributed by atoms with E-state index in [1.807, 2.05) is 18.2 Å². The summed E-state index contributed by atoms with van der Waals surface area (Å²) in [7, 11) is 0. The Morgan fingerprint density at radius 1 is 1.00 bits per heavy atom. The average Bonchev–Trinajstić information content (AvgIpc) is 3.11. The molecule has 2 nitrogen and oxygen atoms in total. The lowest BCUT2D eigenvalue weighted by atomic mass is 9.73. The Labute approximate surface area is 138 Å². The van der Waals surface area contributed by atoms with Crippen LogP contribution in [0, 0.1) is 5.41 Å². The van der Waals surface area contributed by atoms with Gasteiger partial charge in [0.05, 0.1) is 6.54 Å². The Kier molecular flexibility index (Phi) is 3.08. The van der Waals surface area contributed by atoms with Crippen molar-refractivity contribution >= 4 is 5.90 Å². The van der Waals surface area contributed by atoms with Crippen molar-refractivity contribution in [2.24, 2.45) is 10.4 Å². The summed E-state index contributed by atoms with van der Waals surface area (Å²) in [5.74, 6) is 0.280. The van der Waals surface area contributed by atoms with Gasteiger partial charge in [-0.05, 0) is 31.0 Å². The summed E-state index contributed by atoms with van der Waals surface area (Å²) in [6.07, 6.45) is -4.49. The third kappa shape index (κ3) is 1.87. The SMILES string of the molecule is CC1(C(F)(F)F)Cc2ccccc2C12CN=C(c1ccccc1)O2. The highest BCUT2D eigenvalue weighted by Gasteiger charge is 2.71. The largest absolute Gasteiger partial charge is 0.463 e. The van der Waals surface area contributed by atoms with Gasteiger partial charge in [0, 0.05) is 11.1 Å². The van der Waals surface area contributed by atoms with E-state index >= 15 is 0 Å². The molecule has 24 heavy (non-hydrogen) atoms. The van der Waals surface area contributed by atoms with E-state index in [1.165, 1.54) is 6.92 Å². The summed E-state index contributed by atoms with van der Waals surface area (Å²) in [4.78, 5) is 4.34. The minimum atomic E-state index is -4.40. The second kappa shape index (κ2) is 4.85. The molecule has 0 saturated heterocycles. The molecule has 2 aromatic rings. The Hall–Kier alpha value is -2.30. The number of halogens is 3. The fourth-order valence-corrected chi connectivity index (χ4v) is 3.79. The third-order valence-electron chi connectivity index (χ3n) is 5.25. The van der Waals surface area contributed by atoms with E-state index in [-0.39, 0.29) is 18.9 Å². The number of fused-ring (bicyclic) bond motifs is 2. The molecule has 124 valence electrons. The number of hydrogen-bond acceptors (Lipinski definition) is 2. The van der Waals surface area contributed by atoms with Crippen LogP contribution in [0.5, 0.6) is 0 Å². The smallest absolute Gasteiger partial charge is 0.398 e. The fraction of sp³-hybridized carbons (Fsp3) is 0.316. The molecule has 1 spiro atoms. The van der Waals surface area contributed by atoms with Crippen LogP contribution >= 0.6 is 0 Å². The summed E-state index contributed by atoms with van der Waals surface area (Å²) in [5, 5.41) is 0. The lowest BCUT2D eigenvalue weighted by Gasteiger charge is -2.41. The Bertz CT molecular complexity index is 815. The normalized spacial score (nSPS) is 28.6. The molecule has 1 aliphatic heterocycles. The maximum atomic E-state index is 14.0. The van der Waals surface area contributed by atoms with Crippen LogP contribution in [-0.2, 0) is 16.8 Å². The zero-order chi connectivity index (χ0) is 17.0. The molecular formula is C19H16F3NO. The van der Waals surface area contributed by atoms with Gasteiger partial charge in [0.25, 0.3) is 0 Å². The standard InChI is InChI=1S/C19H16F3NO/c1-17(19(20,21)22)11-14-9-5-6-10-15(14)18(17)12-23-16(24-18)13-7-3-2-4-8-13/h2-10H,11-12H2,1H3. The lowest BCUT2D eigenvalue weighted by molar-refractivity contribution is -0.266. The van der Waals surface area contributed by atoms with Gasteiger partial charge in [-0.15, -0.1) is 0 Å². The van der Waals surface area contributed by atoms with Gasteiger partial charge >= 0.3 is 6.18 Å². The first-order chi connectivity index (χ1) is 11.4. The van der Waals surface area contributed by atoms with Crippen molar-refractivity contribution < 1.29 is 17.9 Å². The van der Waals surface area contributed by atoms with Crippen molar-refractivity contribution in [1.82, 2.24) is 0 Å². The minimum Gasteiger partial charge on any atom is -0.463 e. The molecule has 1 heterocycles. The van der Waals surface area contributed by atoms with Crippen molar-refractivity contribution in [2.45, 2.75) is 25.1 Å². The molecule has 1 aliphatic carbocycles. The summed E-state index contributed by atoms with van der Waals surface area (Å²) < 4.78 is 48.0. The summed E-state index contributed by atoms with van der Waals surface area (Å²) in [6, 6.07) is 16.1. The van der Waals surface area contributed by atoms with E-state index in [1.54, 1.807) is 36.4 Å².